The van der Waals surface area contributed by atoms with Gasteiger partial charge in [0.15, 0.2) is 0 Å². The molecule has 0 saturated heterocycles. The maximum absolute atomic E-state index is 5.42. The Kier molecular flexibility index (Phi) is 4.55. The van der Waals surface area contributed by atoms with Crippen LogP contribution in [0.2, 0.25) is 0 Å². The van der Waals surface area contributed by atoms with Crippen LogP contribution in [0.1, 0.15) is 36.4 Å². The van der Waals surface area contributed by atoms with Crippen LogP contribution in [0.25, 0.3) is 0 Å². The molecule has 2 aromatic rings. The molecule has 1 atom stereocenters. The summed E-state index contributed by atoms with van der Waals surface area (Å²) in [5, 5.41) is 5.71. The molecule has 1 aliphatic carbocycles. The molecule has 0 spiro atoms. The highest BCUT2D eigenvalue weighted by atomic mass is 32.1. The predicted molar refractivity (Wildman–Crippen MR) is 82.9 cm³/mol. The Morgan fingerprint density at radius 2 is 2.30 bits per heavy atom. The quantitative estimate of drug-likeness (QED) is 0.804. The monoisotopic (exact) mass is 290 g/mol. The van der Waals surface area contributed by atoms with Gasteiger partial charge in [-0.05, 0) is 43.3 Å². The van der Waals surface area contributed by atoms with E-state index in [2.05, 4.69) is 34.7 Å². The fraction of sp³-hybridized carbons (Fsp3) is 0.500. The lowest BCUT2D eigenvalue weighted by Crippen LogP contribution is -2.34. The lowest BCUT2D eigenvalue weighted by Gasteiger charge is -2.22. The highest BCUT2D eigenvalue weighted by molar-refractivity contribution is 7.09. The van der Waals surface area contributed by atoms with Gasteiger partial charge < -0.3 is 9.73 Å². The average molecular weight is 290 g/mol. The molecule has 1 fully saturated rings. The third-order valence-corrected chi connectivity index (χ3v) is 4.68. The van der Waals surface area contributed by atoms with Gasteiger partial charge in [0.1, 0.15) is 5.76 Å². The minimum Gasteiger partial charge on any atom is -0.468 e. The maximum atomic E-state index is 5.42. The summed E-state index contributed by atoms with van der Waals surface area (Å²) in [5.74, 6) is 1.02. The van der Waals surface area contributed by atoms with Crippen LogP contribution in [0.5, 0.6) is 0 Å². The van der Waals surface area contributed by atoms with Crippen molar-refractivity contribution >= 4 is 11.3 Å². The number of nitrogens with one attached hydrogen (secondary N) is 1. The Bertz CT molecular complexity index is 491. The van der Waals surface area contributed by atoms with Gasteiger partial charge >= 0.3 is 0 Å². The Balaban J connectivity index is 1.45. The van der Waals surface area contributed by atoms with Gasteiger partial charge in [-0.15, -0.1) is 11.3 Å². The van der Waals surface area contributed by atoms with E-state index in [0.29, 0.717) is 0 Å². The molecule has 1 saturated carbocycles. The summed E-state index contributed by atoms with van der Waals surface area (Å²) >= 11 is 1.86. The number of furan rings is 1. The van der Waals surface area contributed by atoms with Crippen molar-refractivity contribution in [2.24, 2.45) is 0 Å². The van der Waals surface area contributed by atoms with Gasteiger partial charge in [-0.1, -0.05) is 6.07 Å². The average Bonchev–Trinajstić information content (AvgIpc) is 2.94. The first kappa shape index (κ1) is 13.9. The van der Waals surface area contributed by atoms with Crippen LogP contribution < -0.4 is 5.32 Å². The van der Waals surface area contributed by atoms with Gasteiger partial charge in [-0.25, -0.2) is 0 Å². The summed E-state index contributed by atoms with van der Waals surface area (Å²) in [7, 11) is 0. The molecule has 4 heteroatoms. The fourth-order valence-corrected chi connectivity index (χ4v) is 3.23. The van der Waals surface area contributed by atoms with E-state index in [1.54, 1.807) is 6.26 Å². The number of thiophene rings is 1. The predicted octanol–water partition coefficient (Wildman–Crippen LogP) is 3.66. The number of hydrogen-bond donors (Lipinski definition) is 1. The Labute approximate surface area is 124 Å². The molecule has 20 heavy (non-hydrogen) atoms. The van der Waals surface area contributed by atoms with Crippen molar-refractivity contribution in [3.8, 4) is 0 Å². The van der Waals surface area contributed by atoms with Gasteiger partial charge in [0.2, 0.25) is 0 Å². The molecular weight excluding hydrogens is 268 g/mol. The molecule has 3 rings (SSSR count). The normalized spacial score (nSPS) is 16.7. The second-order valence-corrected chi connectivity index (χ2v) is 6.50. The van der Waals surface area contributed by atoms with Crippen LogP contribution in [0.3, 0.4) is 0 Å². The zero-order valence-corrected chi connectivity index (χ0v) is 12.7. The van der Waals surface area contributed by atoms with Crippen LogP contribution in [0, 0.1) is 0 Å². The summed E-state index contributed by atoms with van der Waals surface area (Å²) in [6.07, 6.45) is 4.46. The molecule has 0 radical (unpaired) electrons. The largest absolute Gasteiger partial charge is 0.468 e. The fourth-order valence-electron chi connectivity index (χ4n) is 2.50. The topological polar surface area (TPSA) is 28.4 Å². The summed E-state index contributed by atoms with van der Waals surface area (Å²) in [5.41, 5.74) is 0. The minimum absolute atomic E-state index is 0.285. The van der Waals surface area contributed by atoms with Crippen LogP contribution >= 0.6 is 11.3 Å². The van der Waals surface area contributed by atoms with E-state index in [1.165, 1.54) is 17.7 Å². The minimum atomic E-state index is 0.285. The van der Waals surface area contributed by atoms with Crippen molar-refractivity contribution in [3.63, 3.8) is 0 Å². The first-order valence-electron chi connectivity index (χ1n) is 7.36. The van der Waals surface area contributed by atoms with Gasteiger partial charge in [0.25, 0.3) is 0 Å². The van der Waals surface area contributed by atoms with E-state index in [9.17, 15) is 0 Å². The first-order chi connectivity index (χ1) is 9.83. The number of rotatable bonds is 8. The highest BCUT2D eigenvalue weighted by Gasteiger charge is 2.28. The van der Waals surface area contributed by atoms with Gasteiger partial charge in [0.05, 0.1) is 12.3 Å². The third kappa shape index (κ3) is 3.72. The molecule has 0 aliphatic heterocycles. The maximum Gasteiger partial charge on any atom is 0.120 e. The van der Waals surface area contributed by atoms with Crippen molar-refractivity contribution < 1.29 is 4.42 Å². The standard InChI is InChI=1S/C16H22N2OS/c1-13(16-5-2-10-19-16)17-8-9-18(14-6-7-14)12-15-4-3-11-20-15/h2-5,10-11,13-14,17H,6-9,12H2,1H3. The second kappa shape index (κ2) is 6.57. The van der Waals surface area contributed by atoms with E-state index in [1.807, 2.05) is 23.5 Å². The Morgan fingerprint density at radius 1 is 1.40 bits per heavy atom. The van der Waals surface area contributed by atoms with E-state index >= 15 is 0 Å². The molecule has 1 unspecified atom stereocenters. The molecule has 1 N–H and O–H groups in total. The zero-order chi connectivity index (χ0) is 13.8. The van der Waals surface area contributed by atoms with Crippen LogP contribution in [0.15, 0.2) is 40.3 Å². The smallest absolute Gasteiger partial charge is 0.120 e. The number of nitrogens with zero attached hydrogens (tertiary/aromatic N) is 1. The van der Waals surface area contributed by atoms with Crippen molar-refractivity contribution in [1.82, 2.24) is 10.2 Å². The second-order valence-electron chi connectivity index (χ2n) is 5.47. The van der Waals surface area contributed by atoms with Crippen molar-refractivity contribution in [3.05, 3.63) is 46.5 Å². The molecule has 0 aromatic carbocycles. The van der Waals surface area contributed by atoms with E-state index in [0.717, 1.165) is 31.4 Å². The van der Waals surface area contributed by atoms with E-state index in [-0.39, 0.29) is 6.04 Å². The highest BCUT2D eigenvalue weighted by Crippen LogP contribution is 2.28. The summed E-state index contributed by atoms with van der Waals surface area (Å²) in [4.78, 5) is 4.07. The molecular formula is C16H22N2OS. The molecule has 2 aromatic heterocycles. The number of hydrogen-bond acceptors (Lipinski definition) is 4. The molecule has 3 nitrogen and oxygen atoms in total. The SMILES string of the molecule is CC(NCCN(Cc1cccs1)C1CC1)c1ccco1. The summed E-state index contributed by atoms with van der Waals surface area (Å²) < 4.78 is 5.42. The first-order valence-corrected chi connectivity index (χ1v) is 8.24. The van der Waals surface area contributed by atoms with Crippen LogP contribution in [0.4, 0.5) is 0 Å². The Morgan fingerprint density at radius 3 is 2.95 bits per heavy atom. The van der Waals surface area contributed by atoms with Gasteiger partial charge in [0, 0.05) is 30.6 Å². The van der Waals surface area contributed by atoms with Crippen LogP contribution in [-0.4, -0.2) is 24.0 Å². The van der Waals surface area contributed by atoms with Crippen LogP contribution in [-0.2, 0) is 6.54 Å². The van der Waals surface area contributed by atoms with Gasteiger partial charge in [-0.2, -0.15) is 0 Å². The van der Waals surface area contributed by atoms with Crippen molar-refractivity contribution in [1.29, 1.82) is 0 Å². The molecule has 0 amide bonds. The lowest BCUT2D eigenvalue weighted by molar-refractivity contribution is 0.251. The van der Waals surface area contributed by atoms with Crippen molar-refractivity contribution in [2.45, 2.75) is 38.4 Å². The zero-order valence-electron chi connectivity index (χ0n) is 11.9. The lowest BCUT2D eigenvalue weighted by atomic mass is 10.2. The third-order valence-electron chi connectivity index (χ3n) is 3.82. The van der Waals surface area contributed by atoms with Crippen molar-refractivity contribution in [2.75, 3.05) is 13.1 Å². The van der Waals surface area contributed by atoms with E-state index in [4.69, 9.17) is 4.42 Å². The Hall–Kier alpha value is -1.10. The van der Waals surface area contributed by atoms with E-state index < -0.39 is 0 Å². The molecule has 108 valence electrons. The molecule has 2 heterocycles. The summed E-state index contributed by atoms with van der Waals surface area (Å²) in [6, 6.07) is 9.44. The molecule has 0 bridgehead atoms. The molecule has 1 aliphatic rings. The summed E-state index contributed by atoms with van der Waals surface area (Å²) in [6.45, 7) is 5.36. The van der Waals surface area contributed by atoms with Gasteiger partial charge in [-0.3, -0.25) is 4.90 Å².